The molecule has 3 heteroatoms. The second-order valence-corrected chi connectivity index (χ2v) is 4.67. The molecule has 0 radical (unpaired) electrons. The number of fused-ring (bicyclic) bond motifs is 1. The number of nitrogens with one attached hydrogen (secondary N) is 1. The average Bonchev–Trinajstić information content (AvgIpc) is 3.20. The lowest BCUT2D eigenvalue weighted by molar-refractivity contribution is -0.119. The maximum absolute atomic E-state index is 12.0. The van der Waals surface area contributed by atoms with E-state index in [1.165, 1.54) is 0 Å². The molecule has 0 saturated heterocycles. The van der Waals surface area contributed by atoms with Gasteiger partial charge in [0, 0.05) is 11.1 Å². The summed E-state index contributed by atoms with van der Waals surface area (Å²) in [6.07, 6.45) is 1.33. The fourth-order valence-corrected chi connectivity index (χ4v) is 2.09. The van der Waals surface area contributed by atoms with Gasteiger partial charge in [-0.15, -0.1) is 0 Å². The number of anilines is 1. The molecule has 0 aliphatic heterocycles. The lowest BCUT2D eigenvalue weighted by atomic mass is 10.1. The number of nitriles is 1. The summed E-state index contributed by atoms with van der Waals surface area (Å²) in [7, 11) is 0. The molecule has 1 fully saturated rings. The predicted octanol–water partition coefficient (Wildman–Crippen LogP) is 3.08. The van der Waals surface area contributed by atoms with Gasteiger partial charge in [-0.05, 0) is 24.3 Å². The molecule has 0 spiro atoms. The Morgan fingerprint density at radius 3 is 2.61 bits per heavy atom. The summed E-state index contributed by atoms with van der Waals surface area (Å²) in [4.78, 5) is 12.0. The Morgan fingerprint density at radius 2 is 1.89 bits per heavy atom. The average molecular weight is 236 g/mol. The quantitative estimate of drug-likeness (QED) is 0.871. The number of benzene rings is 2. The van der Waals surface area contributed by atoms with E-state index in [4.69, 9.17) is 5.26 Å². The summed E-state index contributed by atoms with van der Waals surface area (Å²) < 4.78 is 0. The molecule has 0 heterocycles. The Morgan fingerprint density at radius 1 is 1.17 bits per heavy atom. The Bertz CT molecular complexity index is 660. The zero-order valence-corrected chi connectivity index (χ0v) is 9.81. The first-order valence-corrected chi connectivity index (χ1v) is 5.96. The third kappa shape index (κ3) is 1.63. The molecule has 2 aromatic carbocycles. The van der Waals surface area contributed by atoms with Crippen LogP contribution >= 0.6 is 0 Å². The molecule has 88 valence electrons. The number of amides is 1. The molecule has 1 N–H and O–H groups in total. The van der Waals surface area contributed by atoms with Gasteiger partial charge in [-0.3, -0.25) is 4.79 Å². The molecule has 0 aromatic heterocycles. The SMILES string of the molecule is N#CC1(C(=O)Nc2cccc3ccccc23)CC1. The van der Waals surface area contributed by atoms with Gasteiger partial charge in [0.2, 0.25) is 5.91 Å². The van der Waals surface area contributed by atoms with Gasteiger partial charge in [-0.2, -0.15) is 5.26 Å². The van der Waals surface area contributed by atoms with E-state index in [9.17, 15) is 4.79 Å². The van der Waals surface area contributed by atoms with Crippen LogP contribution in [0.1, 0.15) is 12.8 Å². The van der Waals surface area contributed by atoms with E-state index in [-0.39, 0.29) is 5.91 Å². The number of nitrogens with zero attached hydrogens (tertiary/aromatic N) is 1. The van der Waals surface area contributed by atoms with Crippen LogP contribution in [0.3, 0.4) is 0 Å². The molecule has 18 heavy (non-hydrogen) atoms. The van der Waals surface area contributed by atoms with Gasteiger partial charge in [0.1, 0.15) is 5.41 Å². The van der Waals surface area contributed by atoms with E-state index in [2.05, 4.69) is 11.4 Å². The Kier molecular flexibility index (Phi) is 2.31. The van der Waals surface area contributed by atoms with Gasteiger partial charge in [0.15, 0.2) is 0 Å². The van der Waals surface area contributed by atoms with Crippen LogP contribution < -0.4 is 5.32 Å². The highest BCUT2D eigenvalue weighted by Crippen LogP contribution is 2.46. The van der Waals surface area contributed by atoms with Crippen LogP contribution in [0.4, 0.5) is 5.69 Å². The normalized spacial score (nSPS) is 15.9. The van der Waals surface area contributed by atoms with Crippen molar-refractivity contribution in [3.05, 3.63) is 42.5 Å². The minimum absolute atomic E-state index is 0.179. The Hall–Kier alpha value is -2.34. The lowest BCUT2D eigenvalue weighted by Gasteiger charge is -2.10. The maximum atomic E-state index is 12.0. The monoisotopic (exact) mass is 236 g/mol. The smallest absolute Gasteiger partial charge is 0.244 e. The van der Waals surface area contributed by atoms with E-state index in [1.807, 2.05) is 42.5 Å². The van der Waals surface area contributed by atoms with Crippen molar-refractivity contribution in [3.8, 4) is 6.07 Å². The van der Waals surface area contributed by atoms with Gasteiger partial charge < -0.3 is 5.32 Å². The van der Waals surface area contributed by atoms with Gasteiger partial charge in [0.05, 0.1) is 6.07 Å². The molecule has 0 atom stereocenters. The molecule has 1 saturated carbocycles. The molecule has 1 aliphatic carbocycles. The molecular weight excluding hydrogens is 224 g/mol. The highest BCUT2D eigenvalue weighted by Gasteiger charge is 2.50. The minimum Gasteiger partial charge on any atom is -0.324 e. The molecule has 3 rings (SSSR count). The summed E-state index contributed by atoms with van der Waals surface area (Å²) in [6, 6.07) is 15.8. The molecule has 0 unspecified atom stereocenters. The molecule has 1 aliphatic rings. The number of rotatable bonds is 2. The van der Waals surface area contributed by atoms with Gasteiger partial charge in [-0.25, -0.2) is 0 Å². The van der Waals surface area contributed by atoms with Crippen LogP contribution in [0.5, 0.6) is 0 Å². The van der Waals surface area contributed by atoms with Gasteiger partial charge >= 0.3 is 0 Å². The van der Waals surface area contributed by atoms with Crippen LogP contribution in [0, 0.1) is 16.7 Å². The second kappa shape index (κ2) is 3.85. The van der Waals surface area contributed by atoms with Crippen molar-refractivity contribution < 1.29 is 4.79 Å². The van der Waals surface area contributed by atoms with E-state index in [0.717, 1.165) is 16.5 Å². The number of hydrogen-bond acceptors (Lipinski definition) is 2. The number of carbonyl (C=O) groups excluding carboxylic acids is 1. The van der Waals surface area contributed by atoms with Crippen molar-refractivity contribution in [3.63, 3.8) is 0 Å². The Labute approximate surface area is 105 Å². The molecule has 3 nitrogen and oxygen atoms in total. The summed E-state index contributed by atoms with van der Waals surface area (Å²) in [5.41, 5.74) is -0.00338. The van der Waals surface area contributed by atoms with Crippen LogP contribution in [0.15, 0.2) is 42.5 Å². The first kappa shape index (κ1) is 10.8. The third-order valence-electron chi connectivity index (χ3n) is 3.44. The van der Waals surface area contributed by atoms with Crippen LogP contribution in [-0.2, 0) is 4.79 Å². The molecule has 2 aromatic rings. The summed E-state index contributed by atoms with van der Waals surface area (Å²) in [5, 5.41) is 14.0. The second-order valence-electron chi connectivity index (χ2n) is 4.67. The minimum atomic E-state index is -0.781. The molecule has 0 bridgehead atoms. The fraction of sp³-hybridized carbons (Fsp3) is 0.200. The largest absolute Gasteiger partial charge is 0.324 e. The molecular formula is C15H12N2O. The number of hydrogen-bond donors (Lipinski definition) is 1. The van der Waals surface area contributed by atoms with Gasteiger partial charge in [-0.1, -0.05) is 36.4 Å². The van der Waals surface area contributed by atoms with Crippen molar-refractivity contribution >= 4 is 22.4 Å². The molecule has 1 amide bonds. The predicted molar refractivity (Wildman–Crippen MR) is 69.9 cm³/mol. The highest BCUT2D eigenvalue weighted by atomic mass is 16.2. The van der Waals surface area contributed by atoms with Crippen LogP contribution in [-0.4, -0.2) is 5.91 Å². The number of carbonyl (C=O) groups is 1. The van der Waals surface area contributed by atoms with Crippen molar-refractivity contribution in [1.82, 2.24) is 0 Å². The Balaban J connectivity index is 1.96. The first-order valence-electron chi connectivity index (χ1n) is 5.96. The van der Waals surface area contributed by atoms with Crippen molar-refractivity contribution in [2.24, 2.45) is 5.41 Å². The summed E-state index contributed by atoms with van der Waals surface area (Å²) in [5.74, 6) is -0.179. The maximum Gasteiger partial charge on any atom is 0.244 e. The lowest BCUT2D eigenvalue weighted by Crippen LogP contribution is -2.22. The van der Waals surface area contributed by atoms with Crippen molar-refractivity contribution in [1.29, 1.82) is 5.26 Å². The van der Waals surface area contributed by atoms with E-state index >= 15 is 0 Å². The van der Waals surface area contributed by atoms with E-state index < -0.39 is 5.41 Å². The third-order valence-corrected chi connectivity index (χ3v) is 3.44. The first-order chi connectivity index (χ1) is 8.75. The van der Waals surface area contributed by atoms with Crippen LogP contribution in [0.2, 0.25) is 0 Å². The van der Waals surface area contributed by atoms with Crippen molar-refractivity contribution in [2.75, 3.05) is 5.32 Å². The van der Waals surface area contributed by atoms with E-state index in [0.29, 0.717) is 12.8 Å². The van der Waals surface area contributed by atoms with Crippen LogP contribution in [0.25, 0.3) is 10.8 Å². The zero-order valence-electron chi connectivity index (χ0n) is 9.81. The standard InChI is InChI=1S/C15H12N2O/c16-10-15(8-9-15)14(18)17-13-7-3-5-11-4-1-2-6-12(11)13/h1-7H,8-9H2,(H,17,18). The van der Waals surface area contributed by atoms with E-state index in [1.54, 1.807) is 0 Å². The van der Waals surface area contributed by atoms with Gasteiger partial charge in [0.25, 0.3) is 0 Å². The summed E-state index contributed by atoms with van der Waals surface area (Å²) in [6.45, 7) is 0. The summed E-state index contributed by atoms with van der Waals surface area (Å²) >= 11 is 0. The topological polar surface area (TPSA) is 52.9 Å². The zero-order chi connectivity index (χ0) is 12.6. The highest BCUT2D eigenvalue weighted by molar-refractivity contribution is 6.05. The van der Waals surface area contributed by atoms with Crippen molar-refractivity contribution in [2.45, 2.75) is 12.8 Å². The fourth-order valence-electron chi connectivity index (χ4n) is 2.09.